The zero-order valence-corrected chi connectivity index (χ0v) is 18.7. The number of aliphatic imine (C=N–C) groups is 2. The van der Waals surface area contributed by atoms with Crippen molar-refractivity contribution in [2.45, 2.75) is 37.8 Å². The van der Waals surface area contributed by atoms with E-state index in [1.54, 1.807) is 6.26 Å². The van der Waals surface area contributed by atoms with Crippen LogP contribution in [0.15, 0.2) is 75.3 Å². The largest absolute Gasteiger partial charge is 0.464 e. The van der Waals surface area contributed by atoms with Crippen molar-refractivity contribution in [3.63, 3.8) is 0 Å². The maximum atomic E-state index is 6.08. The van der Waals surface area contributed by atoms with Gasteiger partial charge in [-0.05, 0) is 37.3 Å². The highest BCUT2D eigenvalue weighted by molar-refractivity contribution is 5.98. The number of nitrogens with two attached hydrogens (primary N) is 2. The molecule has 0 saturated heterocycles. The molecule has 1 heterocycles. The van der Waals surface area contributed by atoms with Gasteiger partial charge >= 0.3 is 0 Å². The van der Waals surface area contributed by atoms with E-state index in [-0.39, 0.29) is 24.8 Å². The summed E-state index contributed by atoms with van der Waals surface area (Å²) in [5, 5.41) is 0. The number of hydrogen-bond acceptors (Lipinski definition) is 3. The van der Waals surface area contributed by atoms with Crippen molar-refractivity contribution in [2.75, 3.05) is 0 Å². The molecule has 2 fully saturated rings. The Morgan fingerprint density at radius 1 is 0.677 bits per heavy atom. The predicted molar refractivity (Wildman–Crippen MR) is 132 cm³/mol. The standard InChI is InChI=1S/C24H24N4O.2ClH/c25-23(27-20-9-10-20)17-5-1-15(2-6-17)19-13-22(29-14-19)16-3-7-18(8-4-16)24(26)28-21-11-12-21;;/h1-8,13-14,20-21H,9-12H2,(H2,25,27)(H2,26,28);2*1H. The molecule has 0 atom stereocenters. The van der Waals surface area contributed by atoms with Crippen LogP contribution in [0.1, 0.15) is 36.8 Å². The van der Waals surface area contributed by atoms with Crippen LogP contribution < -0.4 is 11.5 Å². The number of benzene rings is 2. The van der Waals surface area contributed by atoms with Crippen molar-refractivity contribution in [2.24, 2.45) is 21.5 Å². The van der Waals surface area contributed by atoms with Gasteiger partial charge in [0.05, 0.1) is 18.3 Å². The van der Waals surface area contributed by atoms with Crippen molar-refractivity contribution >= 4 is 36.5 Å². The molecule has 31 heavy (non-hydrogen) atoms. The number of halogens is 2. The van der Waals surface area contributed by atoms with Gasteiger partial charge in [-0.3, -0.25) is 9.98 Å². The minimum atomic E-state index is 0. The molecule has 1 aromatic heterocycles. The van der Waals surface area contributed by atoms with Gasteiger partial charge in [-0.25, -0.2) is 0 Å². The minimum Gasteiger partial charge on any atom is -0.464 e. The maximum Gasteiger partial charge on any atom is 0.134 e. The fourth-order valence-electron chi connectivity index (χ4n) is 3.23. The molecule has 0 bridgehead atoms. The molecule has 7 heteroatoms. The Hall–Kier alpha value is -2.76. The third-order valence-electron chi connectivity index (χ3n) is 5.32. The Bertz CT molecular complexity index is 994. The van der Waals surface area contributed by atoms with Crippen molar-refractivity contribution in [3.8, 4) is 22.5 Å². The molecule has 0 spiro atoms. The van der Waals surface area contributed by atoms with Crippen LogP contribution in [0.5, 0.6) is 0 Å². The van der Waals surface area contributed by atoms with E-state index in [4.69, 9.17) is 15.9 Å². The van der Waals surface area contributed by atoms with E-state index in [9.17, 15) is 0 Å². The third kappa shape index (κ3) is 5.49. The predicted octanol–water partition coefficient (Wildman–Crippen LogP) is 5.19. The molecule has 162 valence electrons. The van der Waals surface area contributed by atoms with E-state index in [1.165, 1.54) is 0 Å². The maximum absolute atomic E-state index is 6.08. The van der Waals surface area contributed by atoms with Crippen molar-refractivity contribution in [1.82, 2.24) is 0 Å². The molecule has 0 radical (unpaired) electrons. The first-order valence-electron chi connectivity index (χ1n) is 10.1. The SMILES string of the molecule is Cl.Cl.NC(=NC1CC1)c1ccc(-c2coc(-c3ccc(C(N)=NC4CC4)cc3)c2)cc1. The molecular weight excluding hydrogens is 431 g/mol. The topological polar surface area (TPSA) is 89.9 Å². The average Bonchev–Trinajstić information content (AvgIpc) is 3.68. The van der Waals surface area contributed by atoms with Crippen LogP contribution in [0.4, 0.5) is 0 Å². The van der Waals surface area contributed by atoms with Crippen LogP contribution in [-0.4, -0.2) is 23.8 Å². The fraction of sp³-hybridized carbons (Fsp3) is 0.250. The van der Waals surface area contributed by atoms with Crippen LogP contribution in [0, 0.1) is 0 Å². The number of furan rings is 1. The Labute approximate surface area is 194 Å². The molecule has 3 aromatic rings. The van der Waals surface area contributed by atoms with Gasteiger partial charge in [0, 0.05) is 22.3 Å². The number of rotatable bonds is 6. The lowest BCUT2D eigenvalue weighted by molar-refractivity contribution is 0.583. The molecule has 0 unspecified atom stereocenters. The van der Waals surface area contributed by atoms with Crippen molar-refractivity contribution in [3.05, 3.63) is 72.0 Å². The van der Waals surface area contributed by atoms with Crippen LogP contribution in [0.3, 0.4) is 0 Å². The van der Waals surface area contributed by atoms with Gasteiger partial charge < -0.3 is 15.9 Å². The number of amidine groups is 2. The normalized spacial score (nSPS) is 16.4. The lowest BCUT2D eigenvalue weighted by atomic mass is 10.0. The number of nitrogens with zero attached hydrogens (tertiary/aromatic N) is 2. The van der Waals surface area contributed by atoms with Gasteiger partial charge in [-0.1, -0.05) is 48.5 Å². The molecule has 0 aliphatic heterocycles. The summed E-state index contributed by atoms with van der Waals surface area (Å²) < 4.78 is 5.81. The van der Waals surface area contributed by atoms with E-state index in [0.29, 0.717) is 23.8 Å². The lowest BCUT2D eigenvalue weighted by Crippen LogP contribution is -2.13. The van der Waals surface area contributed by atoms with Crippen LogP contribution in [0.2, 0.25) is 0 Å². The first-order valence-corrected chi connectivity index (χ1v) is 10.1. The number of hydrogen-bond donors (Lipinski definition) is 2. The zero-order chi connectivity index (χ0) is 19.8. The molecule has 5 nitrogen and oxygen atoms in total. The quantitative estimate of drug-likeness (QED) is 0.394. The molecular formula is C24H26Cl2N4O. The highest BCUT2D eigenvalue weighted by Gasteiger charge is 2.21. The average molecular weight is 457 g/mol. The summed E-state index contributed by atoms with van der Waals surface area (Å²) in [6, 6.07) is 19.1. The summed E-state index contributed by atoms with van der Waals surface area (Å²) in [7, 11) is 0. The van der Waals surface area contributed by atoms with Gasteiger partial charge in [0.2, 0.25) is 0 Å². The summed E-state index contributed by atoms with van der Waals surface area (Å²) in [5.41, 5.74) is 17.2. The molecule has 2 saturated carbocycles. The zero-order valence-electron chi connectivity index (χ0n) is 17.0. The lowest BCUT2D eigenvalue weighted by Gasteiger charge is -2.03. The first kappa shape index (κ1) is 22.9. The summed E-state index contributed by atoms with van der Waals surface area (Å²) in [4.78, 5) is 9.00. The Balaban J connectivity index is 0.00000136. The molecule has 0 amide bonds. The highest BCUT2D eigenvalue weighted by atomic mass is 35.5. The third-order valence-corrected chi connectivity index (χ3v) is 5.32. The molecule has 5 rings (SSSR count). The highest BCUT2D eigenvalue weighted by Crippen LogP contribution is 2.30. The van der Waals surface area contributed by atoms with Gasteiger partial charge in [0.25, 0.3) is 0 Å². The Kier molecular flexibility index (Phi) is 7.08. The van der Waals surface area contributed by atoms with Gasteiger partial charge in [0.15, 0.2) is 0 Å². The van der Waals surface area contributed by atoms with Crippen LogP contribution in [0.25, 0.3) is 22.5 Å². The van der Waals surface area contributed by atoms with Gasteiger partial charge in [0.1, 0.15) is 17.4 Å². The molecule has 2 aromatic carbocycles. The summed E-state index contributed by atoms with van der Waals surface area (Å²) in [6.07, 6.45) is 6.38. The monoisotopic (exact) mass is 456 g/mol. The molecule has 4 N–H and O–H groups in total. The van der Waals surface area contributed by atoms with Crippen LogP contribution >= 0.6 is 24.8 Å². The second kappa shape index (κ2) is 9.58. The second-order valence-electron chi connectivity index (χ2n) is 7.85. The van der Waals surface area contributed by atoms with E-state index < -0.39 is 0 Å². The Morgan fingerprint density at radius 3 is 1.58 bits per heavy atom. The summed E-state index contributed by atoms with van der Waals surface area (Å²) in [5.74, 6) is 2.06. The van der Waals surface area contributed by atoms with Crippen molar-refractivity contribution in [1.29, 1.82) is 0 Å². The summed E-state index contributed by atoms with van der Waals surface area (Å²) >= 11 is 0. The van der Waals surface area contributed by atoms with E-state index in [0.717, 1.165) is 59.3 Å². The van der Waals surface area contributed by atoms with Crippen molar-refractivity contribution < 1.29 is 4.42 Å². The smallest absolute Gasteiger partial charge is 0.134 e. The minimum absolute atomic E-state index is 0. The van der Waals surface area contributed by atoms with E-state index >= 15 is 0 Å². The Morgan fingerprint density at radius 2 is 1.13 bits per heavy atom. The molecule has 2 aliphatic rings. The second-order valence-corrected chi connectivity index (χ2v) is 7.85. The van der Waals surface area contributed by atoms with E-state index in [2.05, 4.69) is 22.1 Å². The van der Waals surface area contributed by atoms with Crippen LogP contribution in [-0.2, 0) is 0 Å². The first-order chi connectivity index (χ1) is 14.2. The fourth-order valence-corrected chi connectivity index (χ4v) is 3.23. The summed E-state index contributed by atoms with van der Waals surface area (Å²) in [6.45, 7) is 0. The van der Waals surface area contributed by atoms with Gasteiger partial charge in [-0.2, -0.15) is 0 Å². The van der Waals surface area contributed by atoms with Gasteiger partial charge in [-0.15, -0.1) is 24.8 Å². The van der Waals surface area contributed by atoms with E-state index in [1.807, 2.05) is 42.5 Å². The molecule has 2 aliphatic carbocycles.